The number of ketones is 1. The minimum atomic E-state index is -0.571. The molecule has 1 aromatic carbocycles. The summed E-state index contributed by atoms with van der Waals surface area (Å²) < 4.78 is 13.2. The lowest BCUT2D eigenvalue weighted by atomic mass is 10.1. The standard InChI is InChI=1S/C12H11BrFNO2/c1-7(5-13)6-15-10-4-8(14)2-3-9(10)11(16)12(15)17/h2-4,7H,5-6H2,1H3. The summed E-state index contributed by atoms with van der Waals surface area (Å²) in [6, 6.07) is 3.80. The molecule has 0 saturated carbocycles. The molecule has 90 valence electrons. The second kappa shape index (κ2) is 4.56. The number of hydrogen-bond donors (Lipinski definition) is 0. The topological polar surface area (TPSA) is 37.4 Å². The molecule has 1 aliphatic heterocycles. The van der Waals surface area contributed by atoms with Crippen molar-refractivity contribution in [1.82, 2.24) is 0 Å². The third kappa shape index (κ3) is 2.11. The van der Waals surface area contributed by atoms with E-state index in [9.17, 15) is 14.0 Å². The molecule has 0 spiro atoms. The Morgan fingerprint density at radius 2 is 2.12 bits per heavy atom. The number of nitrogens with zero attached hydrogens (tertiary/aromatic N) is 1. The molecule has 0 radical (unpaired) electrons. The normalized spacial score (nSPS) is 16.3. The van der Waals surface area contributed by atoms with E-state index in [0.717, 1.165) is 5.33 Å². The number of rotatable bonds is 3. The Labute approximate surface area is 107 Å². The summed E-state index contributed by atoms with van der Waals surface area (Å²) in [7, 11) is 0. The highest BCUT2D eigenvalue weighted by Crippen LogP contribution is 2.30. The first-order valence-corrected chi connectivity index (χ1v) is 6.38. The van der Waals surface area contributed by atoms with Crippen LogP contribution >= 0.6 is 15.9 Å². The molecule has 0 bridgehead atoms. The molecule has 1 unspecified atom stereocenters. The van der Waals surface area contributed by atoms with E-state index in [2.05, 4.69) is 15.9 Å². The van der Waals surface area contributed by atoms with E-state index in [-0.39, 0.29) is 11.5 Å². The van der Waals surface area contributed by atoms with Gasteiger partial charge >= 0.3 is 0 Å². The highest BCUT2D eigenvalue weighted by Gasteiger charge is 2.36. The minimum absolute atomic E-state index is 0.195. The third-order valence-electron chi connectivity index (χ3n) is 2.69. The molecule has 3 nitrogen and oxygen atoms in total. The van der Waals surface area contributed by atoms with E-state index >= 15 is 0 Å². The van der Waals surface area contributed by atoms with Crippen LogP contribution in [0.15, 0.2) is 18.2 Å². The molecule has 0 saturated heterocycles. The van der Waals surface area contributed by atoms with Gasteiger partial charge in [-0.1, -0.05) is 22.9 Å². The average molecular weight is 300 g/mol. The van der Waals surface area contributed by atoms with Gasteiger partial charge in [0, 0.05) is 11.9 Å². The maximum Gasteiger partial charge on any atom is 0.299 e. The monoisotopic (exact) mass is 299 g/mol. The van der Waals surface area contributed by atoms with Crippen molar-refractivity contribution >= 4 is 33.3 Å². The second-order valence-electron chi connectivity index (χ2n) is 4.17. The van der Waals surface area contributed by atoms with Crippen molar-refractivity contribution in [2.75, 3.05) is 16.8 Å². The van der Waals surface area contributed by atoms with Gasteiger partial charge in [0.05, 0.1) is 11.3 Å². The zero-order chi connectivity index (χ0) is 12.6. The zero-order valence-corrected chi connectivity index (χ0v) is 10.8. The number of alkyl halides is 1. The van der Waals surface area contributed by atoms with Crippen LogP contribution in [0.5, 0.6) is 0 Å². The minimum Gasteiger partial charge on any atom is -0.304 e. The van der Waals surface area contributed by atoms with Crippen LogP contribution in [0.4, 0.5) is 10.1 Å². The molecular formula is C12H11BrFNO2. The Balaban J connectivity index is 2.39. The maximum absolute atomic E-state index is 13.2. The van der Waals surface area contributed by atoms with Gasteiger partial charge in [-0.05, 0) is 24.1 Å². The molecule has 1 atom stereocenters. The summed E-state index contributed by atoms with van der Waals surface area (Å²) in [5, 5.41) is 0.718. The summed E-state index contributed by atoms with van der Waals surface area (Å²) >= 11 is 3.31. The highest BCUT2D eigenvalue weighted by molar-refractivity contribution is 9.09. The number of benzene rings is 1. The molecule has 2 rings (SSSR count). The molecule has 0 aromatic heterocycles. The molecule has 0 N–H and O–H groups in total. The fourth-order valence-electron chi connectivity index (χ4n) is 1.81. The van der Waals surface area contributed by atoms with E-state index in [1.165, 1.54) is 23.1 Å². The van der Waals surface area contributed by atoms with Gasteiger partial charge in [0.25, 0.3) is 11.7 Å². The van der Waals surface area contributed by atoms with Crippen LogP contribution in [0, 0.1) is 11.7 Å². The first-order chi connectivity index (χ1) is 8.04. The van der Waals surface area contributed by atoms with Crippen molar-refractivity contribution in [2.45, 2.75) is 6.92 Å². The number of fused-ring (bicyclic) bond motifs is 1. The predicted octanol–water partition coefficient (Wildman–Crippen LogP) is 2.39. The first-order valence-electron chi connectivity index (χ1n) is 5.26. The van der Waals surface area contributed by atoms with Crippen LogP contribution in [0.2, 0.25) is 0 Å². The molecule has 1 amide bonds. The quantitative estimate of drug-likeness (QED) is 0.635. The Morgan fingerprint density at radius 1 is 1.41 bits per heavy atom. The zero-order valence-electron chi connectivity index (χ0n) is 9.24. The van der Waals surface area contributed by atoms with Gasteiger partial charge in [0.1, 0.15) is 5.82 Å². The Morgan fingerprint density at radius 3 is 2.76 bits per heavy atom. The molecule has 17 heavy (non-hydrogen) atoms. The van der Waals surface area contributed by atoms with E-state index < -0.39 is 17.5 Å². The Bertz CT molecular complexity index is 489. The predicted molar refractivity (Wildman–Crippen MR) is 66.0 cm³/mol. The van der Waals surface area contributed by atoms with E-state index in [4.69, 9.17) is 0 Å². The molecule has 0 aliphatic carbocycles. The maximum atomic E-state index is 13.2. The third-order valence-corrected chi connectivity index (χ3v) is 3.80. The molecule has 5 heteroatoms. The number of anilines is 1. The van der Waals surface area contributed by atoms with Crippen molar-refractivity contribution in [3.05, 3.63) is 29.6 Å². The fourth-order valence-corrected chi connectivity index (χ4v) is 2.01. The Hall–Kier alpha value is -1.23. The van der Waals surface area contributed by atoms with Gasteiger partial charge in [-0.3, -0.25) is 9.59 Å². The van der Waals surface area contributed by atoms with Crippen LogP contribution in [0.1, 0.15) is 17.3 Å². The average Bonchev–Trinajstić information content (AvgIpc) is 2.54. The fraction of sp³-hybridized carbons (Fsp3) is 0.333. The number of carbonyl (C=O) groups excluding carboxylic acids is 2. The van der Waals surface area contributed by atoms with Gasteiger partial charge in [0.15, 0.2) is 0 Å². The molecule has 1 heterocycles. The summed E-state index contributed by atoms with van der Waals surface area (Å²) in [5.41, 5.74) is 0.672. The number of carbonyl (C=O) groups is 2. The highest BCUT2D eigenvalue weighted by atomic mass is 79.9. The Kier molecular flexibility index (Phi) is 3.28. The van der Waals surface area contributed by atoms with Crippen molar-refractivity contribution in [3.63, 3.8) is 0 Å². The van der Waals surface area contributed by atoms with Crippen LogP contribution in [0.3, 0.4) is 0 Å². The molecule has 1 aliphatic rings. The van der Waals surface area contributed by atoms with Crippen molar-refractivity contribution in [1.29, 1.82) is 0 Å². The van der Waals surface area contributed by atoms with Gasteiger partial charge in [0.2, 0.25) is 0 Å². The van der Waals surface area contributed by atoms with Gasteiger partial charge < -0.3 is 4.90 Å². The van der Waals surface area contributed by atoms with E-state index in [1.807, 2.05) is 6.92 Å². The van der Waals surface area contributed by atoms with Crippen molar-refractivity contribution in [3.8, 4) is 0 Å². The summed E-state index contributed by atoms with van der Waals surface area (Å²) in [6.07, 6.45) is 0. The van der Waals surface area contributed by atoms with Gasteiger partial charge in [-0.2, -0.15) is 0 Å². The number of hydrogen-bond acceptors (Lipinski definition) is 2. The summed E-state index contributed by atoms with van der Waals surface area (Å²) in [4.78, 5) is 24.8. The van der Waals surface area contributed by atoms with E-state index in [0.29, 0.717) is 12.2 Å². The van der Waals surface area contributed by atoms with Crippen molar-refractivity contribution < 1.29 is 14.0 Å². The van der Waals surface area contributed by atoms with Crippen LogP contribution in [-0.4, -0.2) is 23.6 Å². The smallest absolute Gasteiger partial charge is 0.299 e. The SMILES string of the molecule is CC(CBr)CN1C(=O)C(=O)c2ccc(F)cc21. The summed E-state index contributed by atoms with van der Waals surface area (Å²) in [6.45, 7) is 2.36. The van der Waals surface area contributed by atoms with Crippen molar-refractivity contribution in [2.24, 2.45) is 5.92 Å². The lowest BCUT2D eigenvalue weighted by Crippen LogP contribution is -2.34. The molecular weight excluding hydrogens is 289 g/mol. The first kappa shape index (κ1) is 12.2. The van der Waals surface area contributed by atoms with E-state index in [1.54, 1.807) is 0 Å². The largest absolute Gasteiger partial charge is 0.304 e. The van der Waals surface area contributed by atoms with Gasteiger partial charge in [-0.15, -0.1) is 0 Å². The second-order valence-corrected chi connectivity index (χ2v) is 4.81. The number of Topliss-reactive ketones (excluding diaryl/α,β-unsaturated/α-hetero) is 1. The number of halogens is 2. The van der Waals surface area contributed by atoms with Crippen LogP contribution in [-0.2, 0) is 4.79 Å². The lowest BCUT2D eigenvalue weighted by Gasteiger charge is -2.19. The summed E-state index contributed by atoms with van der Waals surface area (Å²) in [5.74, 6) is -1.37. The lowest BCUT2D eigenvalue weighted by molar-refractivity contribution is -0.114. The molecule has 0 fully saturated rings. The van der Waals surface area contributed by atoms with Crippen LogP contribution < -0.4 is 4.90 Å². The van der Waals surface area contributed by atoms with Crippen LogP contribution in [0.25, 0.3) is 0 Å². The van der Waals surface area contributed by atoms with Gasteiger partial charge in [-0.25, -0.2) is 4.39 Å². The molecule has 1 aromatic rings. The number of amides is 1.